The Hall–Kier alpha value is -1.46. The fourth-order valence-corrected chi connectivity index (χ4v) is 1.56. The first-order valence-electron chi connectivity index (χ1n) is 6.06. The number of hydrogen-bond acceptors (Lipinski definition) is 4. The molecular weight excluding hydrogens is 232 g/mol. The normalized spacial score (nSPS) is 10.4. The molecule has 0 fully saturated rings. The fraction of sp³-hybridized carbons (Fsp3) is 0.538. The molecule has 1 aromatic heterocycles. The van der Waals surface area contributed by atoms with Crippen molar-refractivity contribution in [2.24, 2.45) is 0 Å². The lowest BCUT2D eigenvalue weighted by molar-refractivity contribution is 0.0867. The molecule has 1 amide bonds. The molecule has 0 aliphatic rings. The monoisotopic (exact) mass is 252 g/mol. The van der Waals surface area contributed by atoms with Crippen molar-refractivity contribution in [3.05, 3.63) is 29.1 Å². The first-order chi connectivity index (χ1) is 8.65. The fourth-order valence-electron chi connectivity index (χ4n) is 1.56. The van der Waals surface area contributed by atoms with Gasteiger partial charge in [0.2, 0.25) is 0 Å². The van der Waals surface area contributed by atoms with Gasteiger partial charge in [-0.2, -0.15) is 0 Å². The van der Waals surface area contributed by atoms with E-state index in [1.165, 1.54) is 0 Å². The lowest BCUT2D eigenvalue weighted by Crippen LogP contribution is -2.26. The molecule has 100 valence electrons. The number of aliphatic hydroxyl groups is 1. The van der Waals surface area contributed by atoms with E-state index in [1.54, 1.807) is 6.07 Å². The molecule has 0 saturated heterocycles. The molecule has 0 aromatic carbocycles. The average molecular weight is 252 g/mol. The molecule has 1 aromatic rings. The third-order valence-corrected chi connectivity index (χ3v) is 2.46. The van der Waals surface area contributed by atoms with Crippen molar-refractivity contribution in [1.82, 2.24) is 10.3 Å². The van der Waals surface area contributed by atoms with E-state index in [-0.39, 0.29) is 12.5 Å². The molecule has 0 aliphatic carbocycles. The smallest absolute Gasteiger partial charge is 0.253 e. The Bertz CT molecular complexity index is 394. The zero-order valence-corrected chi connectivity index (χ0v) is 10.9. The van der Waals surface area contributed by atoms with Gasteiger partial charge in [-0.25, -0.2) is 0 Å². The number of pyridine rings is 1. The Labute approximate surface area is 107 Å². The quantitative estimate of drug-likeness (QED) is 0.705. The van der Waals surface area contributed by atoms with Crippen LogP contribution in [0.1, 0.15) is 28.2 Å². The van der Waals surface area contributed by atoms with Crippen molar-refractivity contribution in [2.75, 3.05) is 26.4 Å². The van der Waals surface area contributed by atoms with Crippen molar-refractivity contribution >= 4 is 5.91 Å². The van der Waals surface area contributed by atoms with E-state index in [4.69, 9.17) is 9.84 Å². The second kappa shape index (κ2) is 7.79. The van der Waals surface area contributed by atoms with E-state index in [9.17, 15) is 4.79 Å². The first-order valence-corrected chi connectivity index (χ1v) is 6.06. The number of carbonyl (C=O) groups excluding carboxylic acids is 1. The minimum absolute atomic E-state index is 0.0284. The highest BCUT2D eigenvalue weighted by Crippen LogP contribution is 2.05. The third kappa shape index (κ3) is 4.81. The minimum atomic E-state index is -0.109. The van der Waals surface area contributed by atoms with Crippen LogP contribution in [0, 0.1) is 13.8 Å². The van der Waals surface area contributed by atoms with E-state index in [0.717, 1.165) is 17.8 Å². The molecule has 2 N–H and O–H groups in total. The van der Waals surface area contributed by atoms with E-state index < -0.39 is 0 Å². The second-order valence-corrected chi connectivity index (χ2v) is 4.03. The predicted molar refractivity (Wildman–Crippen MR) is 68.6 cm³/mol. The summed E-state index contributed by atoms with van der Waals surface area (Å²) in [4.78, 5) is 16.1. The zero-order chi connectivity index (χ0) is 13.4. The summed E-state index contributed by atoms with van der Waals surface area (Å²) in [7, 11) is 0. The largest absolute Gasteiger partial charge is 0.394 e. The Morgan fingerprint density at radius 3 is 2.83 bits per heavy atom. The van der Waals surface area contributed by atoms with E-state index in [1.807, 2.05) is 19.9 Å². The Morgan fingerprint density at radius 1 is 1.39 bits per heavy atom. The maximum atomic E-state index is 11.8. The van der Waals surface area contributed by atoms with Crippen LogP contribution in [0.25, 0.3) is 0 Å². The summed E-state index contributed by atoms with van der Waals surface area (Å²) in [6.45, 7) is 5.18. The van der Waals surface area contributed by atoms with Crippen LogP contribution in [-0.4, -0.2) is 42.4 Å². The number of amides is 1. The number of ether oxygens (including phenoxy) is 1. The summed E-state index contributed by atoms with van der Waals surface area (Å²) in [5.74, 6) is -0.109. The molecule has 0 spiro atoms. The highest BCUT2D eigenvalue weighted by molar-refractivity contribution is 5.95. The topological polar surface area (TPSA) is 71.5 Å². The molecule has 0 saturated carbocycles. The van der Waals surface area contributed by atoms with Crippen LogP contribution in [0.5, 0.6) is 0 Å². The standard InChI is InChI=1S/C13H20N2O3/c1-10-4-5-12(11(2)15-10)13(17)14-6-3-8-18-9-7-16/h4-5,16H,3,6-9H2,1-2H3,(H,14,17). The van der Waals surface area contributed by atoms with Crippen molar-refractivity contribution < 1.29 is 14.6 Å². The van der Waals surface area contributed by atoms with Crippen LogP contribution in [0.15, 0.2) is 12.1 Å². The van der Waals surface area contributed by atoms with Gasteiger partial charge < -0.3 is 15.2 Å². The number of rotatable bonds is 7. The zero-order valence-electron chi connectivity index (χ0n) is 10.9. The molecule has 0 aliphatic heterocycles. The van der Waals surface area contributed by atoms with Gasteiger partial charge in [0.25, 0.3) is 5.91 Å². The molecule has 0 radical (unpaired) electrons. The number of hydrogen-bond donors (Lipinski definition) is 2. The Morgan fingerprint density at radius 2 is 2.17 bits per heavy atom. The van der Waals surface area contributed by atoms with E-state index in [2.05, 4.69) is 10.3 Å². The molecule has 0 bridgehead atoms. The summed E-state index contributed by atoms with van der Waals surface area (Å²) in [6.07, 6.45) is 0.726. The van der Waals surface area contributed by atoms with Crippen molar-refractivity contribution in [3.8, 4) is 0 Å². The van der Waals surface area contributed by atoms with Gasteiger partial charge in [-0.05, 0) is 32.4 Å². The number of nitrogens with zero attached hydrogens (tertiary/aromatic N) is 1. The number of aliphatic hydroxyl groups excluding tert-OH is 1. The van der Waals surface area contributed by atoms with Gasteiger partial charge in [0.15, 0.2) is 0 Å². The molecule has 18 heavy (non-hydrogen) atoms. The van der Waals surface area contributed by atoms with Gasteiger partial charge in [-0.3, -0.25) is 9.78 Å². The molecule has 5 nitrogen and oxygen atoms in total. The van der Waals surface area contributed by atoms with Gasteiger partial charge in [-0.15, -0.1) is 0 Å². The lowest BCUT2D eigenvalue weighted by Gasteiger charge is -2.08. The van der Waals surface area contributed by atoms with Crippen molar-refractivity contribution in [2.45, 2.75) is 20.3 Å². The predicted octanol–water partition coefficient (Wildman–Crippen LogP) is 0.827. The van der Waals surface area contributed by atoms with Crippen molar-refractivity contribution in [1.29, 1.82) is 0 Å². The summed E-state index contributed by atoms with van der Waals surface area (Å²) in [6, 6.07) is 3.61. The second-order valence-electron chi connectivity index (χ2n) is 4.03. The van der Waals surface area contributed by atoms with E-state index >= 15 is 0 Å². The molecule has 1 rings (SSSR count). The lowest BCUT2D eigenvalue weighted by atomic mass is 10.1. The number of aromatic nitrogens is 1. The summed E-state index contributed by atoms with van der Waals surface area (Å²) < 4.78 is 5.10. The third-order valence-electron chi connectivity index (χ3n) is 2.46. The van der Waals surface area contributed by atoms with E-state index in [0.29, 0.717) is 25.3 Å². The Kier molecular flexibility index (Phi) is 6.32. The molecule has 5 heteroatoms. The van der Waals surface area contributed by atoms with Crippen LogP contribution in [0.3, 0.4) is 0 Å². The maximum absolute atomic E-state index is 11.8. The minimum Gasteiger partial charge on any atom is -0.394 e. The summed E-state index contributed by atoms with van der Waals surface area (Å²) in [5.41, 5.74) is 2.25. The summed E-state index contributed by atoms with van der Waals surface area (Å²) >= 11 is 0. The van der Waals surface area contributed by atoms with Gasteiger partial charge in [-0.1, -0.05) is 0 Å². The molecule has 0 atom stereocenters. The van der Waals surface area contributed by atoms with Crippen LogP contribution in [-0.2, 0) is 4.74 Å². The molecular formula is C13H20N2O3. The molecule has 1 heterocycles. The summed E-state index contributed by atoms with van der Waals surface area (Å²) in [5, 5.41) is 11.3. The Balaban J connectivity index is 2.32. The van der Waals surface area contributed by atoms with Crippen LogP contribution in [0.4, 0.5) is 0 Å². The van der Waals surface area contributed by atoms with Gasteiger partial charge in [0.1, 0.15) is 0 Å². The van der Waals surface area contributed by atoms with Crippen LogP contribution >= 0.6 is 0 Å². The number of aryl methyl sites for hydroxylation is 2. The maximum Gasteiger partial charge on any atom is 0.253 e. The van der Waals surface area contributed by atoms with Gasteiger partial charge in [0.05, 0.1) is 24.5 Å². The van der Waals surface area contributed by atoms with Crippen LogP contribution < -0.4 is 5.32 Å². The highest BCUT2D eigenvalue weighted by Gasteiger charge is 2.08. The average Bonchev–Trinajstić information content (AvgIpc) is 2.33. The van der Waals surface area contributed by atoms with Crippen LogP contribution in [0.2, 0.25) is 0 Å². The van der Waals surface area contributed by atoms with Gasteiger partial charge >= 0.3 is 0 Å². The number of carbonyl (C=O) groups is 1. The molecule has 0 unspecified atom stereocenters. The van der Waals surface area contributed by atoms with Crippen molar-refractivity contribution in [3.63, 3.8) is 0 Å². The van der Waals surface area contributed by atoms with Gasteiger partial charge in [0, 0.05) is 18.8 Å². The highest BCUT2D eigenvalue weighted by atomic mass is 16.5. The first kappa shape index (κ1) is 14.6. The number of nitrogens with one attached hydrogen (secondary N) is 1. The SMILES string of the molecule is Cc1ccc(C(=O)NCCCOCCO)c(C)n1.